The molecule has 0 N–H and O–H groups in total. The first-order valence-electron chi connectivity index (χ1n) is 7.58. The first kappa shape index (κ1) is 17.5. The predicted octanol–water partition coefficient (Wildman–Crippen LogP) is 2.82. The van der Waals surface area contributed by atoms with Gasteiger partial charge >= 0.3 is 6.09 Å². The summed E-state index contributed by atoms with van der Waals surface area (Å²) in [6.07, 6.45) is 1.19. The Kier molecular flexibility index (Phi) is 5.14. The molecular formula is C16H22ClN3O3. The van der Waals surface area contributed by atoms with Crippen molar-refractivity contribution in [1.29, 1.82) is 0 Å². The van der Waals surface area contributed by atoms with Crippen LogP contribution >= 0.6 is 11.6 Å². The predicted molar refractivity (Wildman–Crippen MR) is 87.6 cm³/mol. The van der Waals surface area contributed by atoms with Crippen molar-refractivity contribution >= 4 is 23.6 Å². The number of hydrogen-bond acceptors (Lipinski definition) is 4. The van der Waals surface area contributed by atoms with Gasteiger partial charge in [-0.2, -0.15) is 0 Å². The molecule has 0 bridgehead atoms. The van der Waals surface area contributed by atoms with Crippen LogP contribution in [0.4, 0.5) is 4.79 Å². The molecule has 6 nitrogen and oxygen atoms in total. The molecule has 1 aliphatic heterocycles. The molecule has 0 radical (unpaired) electrons. The Labute approximate surface area is 141 Å². The summed E-state index contributed by atoms with van der Waals surface area (Å²) in [6.45, 7) is 8.70. The number of pyridine rings is 1. The molecule has 1 fully saturated rings. The highest BCUT2D eigenvalue weighted by Gasteiger charge is 2.33. The molecule has 0 aliphatic carbocycles. The number of hydrogen-bond donors (Lipinski definition) is 0. The van der Waals surface area contributed by atoms with Crippen LogP contribution in [-0.4, -0.2) is 58.1 Å². The Morgan fingerprint density at radius 1 is 1.35 bits per heavy atom. The third kappa shape index (κ3) is 4.34. The largest absolute Gasteiger partial charge is 0.444 e. The number of amides is 2. The Balaban J connectivity index is 2.03. The van der Waals surface area contributed by atoms with Gasteiger partial charge in [0.15, 0.2) is 0 Å². The molecule has 1 aliphatic rings. The molecule has 2 rings (SSSR count). The number of halogens is 1. The van der Waals surface area contributed by atoms with Crippen LogP contribution in [0.15, 0.2) is 18.3 Å². The normalized spacial score (nSPS) is 18.7. The number of carbonyl (C=O) groups is 2. The molecule has 1 unspecified atom stereocenters. The number of carbonyl (C=O) groups excluding carboxylic acids is 2. The van der Waals surface area contributed by atoms with Gasteiger partial charge < -0.3 is 14.5 Å². The van der Waals surface area contributed by atoms with Crippen LogP contribution in [0, 0.1) is 0 Å². The molecule has 2 amide bonds. The van der Waals surface area contributed by atoms with Crippen molar-refractivity contribution in [2.45, 2.75) is 39.3 Å². The zero-order chi connectivity index (χ0) is 17.2. The maximum absolute atomic E-state index is 12.5. The summed E-state index contributed by atoms with van der Waals surface area (Å²) < 4.78 is 5.40. The smallest absolute Gasteiger partial charge is 0.410 e. The van der Waals surface area contributed by atoms with Gasteiger partial charge in [-0.05, 0) is 39.8 Å². The molecule has 1 aromatic rings. The number of piperazine rings is 1. The van der Waals surface area contributed by atoms with E-state index in [2.05, 4.69) is 4.98 Å². The summed E-state index contributed by atoms with van der Waals surface area (Å²) in [6, 6.07) is 3.21. The van der Waals surface area contributed by atoms with Crippen molar-refractivity contribution in [3.8, 4) is 0 Å². The van der Waals surface area contributed by atoms with Crippen LogP contribution < -0.4 is 0 Å². The molecule has 1 atom stereocenters. The fraction of sp³-hybridized carbons (Fsp3) is 0.562. The Bertz CT molecular complexity index is 600. The summed E-state index contributed by atoms with van der Waals surface area (Å²) in [7, 11) is 0. The minimum absolute atomic E-state index is 0.127. The Hall–Kier alpha value is -1.82. The van der Waals surface area contributed by atoms with Crippen LogP contribution in [0.2, 0.25) is 5.15 Å². The Morgan fingerprint density at radius 2 is 2.04 bits per heavy atom. The van der Waals surface area contributed by atoms with E-state index in [9.17, 15) is 9.59 Å². The number of ether oxygens (including phenoxy) is 1. The van der Waals surface area contributed by atoms with Crippen molar-refractivity contribution in [1.82, 2.24) is 14.8 Å². The van der Waals surface area contributed by atoms with Crippen LogP contribution in [0.5, 0.6) is 0 Å². The summed E-state index contributed by atoms with van der Waals surface area (Å²) in [5.41, 5.74) is -0.153. The molecule has 23 heavy (non-hydrogen) atoms. The van der Waals surface area contributed by atoms with E-state index in [4.69, 9.17) is 16.3 Å². The topological polar surface area (TPSA) is 62.7 Å². The second-order valence-corrected chi connectivity index (χ2v) is 6.97. The van der Waals surface area contributed by atoms with Crippen LogP contribution in [0.25, 0.3) is 0 Å². The summed E-state index contributed by atoms with van der Waals surface area (Å²) >= 11 is 5.98. The lowest BCUT2D eigenvalue weighted by atomic mass is 10.1. The molecular weight excluding hydrogens is 318 g/mol. The molecule has 1 saturated heterocycles. The third-order valence-electron chi connectivity index (χ3n) is 3.53. The van der Waals surface area contributed by atoms with Gasteiger partial charge in [0.1, 0.15) is 10.8 Å². The van der Waals surface area contributed by atoms with Crippen molar-refractivity contribution in [2.24, 2.45) is 0 Å². The van der Waals surface area contributed by atoms with E-state index in [0.717, 1.165) is 0 Å². The minimum atomic E-state index is -0.535. The molecule has 126 valence electrons. The second kappa shape index (κ2) is 6.74. The SMILES string of the molecule is CC1CN(C(=O)c2cccnc2Cl)CCN1C(=O)OC(C)(C)C. The first-order valence-corrected chi connectivity index (χ1v) is 7.96. The standard InChI is InChI=1S/C16H22ClN3O3/c1-11-10-19(14(21)12-6-5-7-18-13(12)17)8-9-20(11)15(22)23-16(2,3)4/h5-7,11H,8-10H2,1-4H3. The lowest BCUT2D eigenvalue weighted by Crippen LogP contribution is -2.56. The first-order chi connectivity index (χ1) is 10.7. The average molecular weight is 340 g/mol. The number of aromatic nitrogens is 1. The average Bonchev–Trinajstić information content (AvgIpc) is 2.45. The van der Waals surface area contributed by atoms with Crippen LogP contribution in [-0.2, 0) is 4.74 Å². The lowest BCUT2D eigenvalue weighted by Gasteiger charge is -2.40. The van der Waals surface area contributed by atoms with Crippen LogP contribution in [0.3, 0.4) is 0 Å². The third-order valence-corrected chi connectivity index (χ3v) is 3.83. The minimum Gasteiger partial charge on any atom is -0.444 e. The fourth-order valence-electron chi connectivity index (χ4n) is 2.45. The van der Waals surface area contributed by atoms with E-state index < -0.39 is 5.60 Å². The van der Waals surface area contributed by atoms with Gasteiger partial charge in [-0.15, -0.1) is 0 Å². The number of rotatable bonds is 1. The van der Waals surface area contributed by atoms with Crippen LogP contribution in [0.1, 0.15) is 38.1 Å². The molecule has 0 saturated carbocycles. The van der Waals surface area contributed by atoms with E-state index in [-0.39, 0.29) is 23.2 Å². The van der Waals surface area contributed by atoms with Gasteiger partial charge in [-0.3, -0.25) is 4.79 Å². The quantitative estimate of drug-likeness (QED) is 0.738. The van der Waals surface area contributed by atoms with Gasteiger partial charge in [-0.25, -0.2) is 9.78 Å². The van der Waals surface area contributed by atoms with Crippen molar-refractivity contribution in [2.75, 3.05) is 19.6 Å². The maximum Gasteiger partial charge on any atom is 0.410 e. The van der Waals surface area contributed by atoms with Crippen molar-refractivity contribution in [3.05, 3.63) is 29.0 Å². The van der Waals surface area contributed by atoms with E-state index in [0.29, 0.717) is 25.2 Å². The van der Waals surface area contributed by atoms with Gasteiger partial charge in [0, 0.05) is 31.9 Å². The molecule has 7 heteroatoms. The molecule has 2 heterocycles. The van der Waals surface area contributed by atoms with Gasteiger partial charge in [0.2, 0.25) is 0 Å². The molecule has 1 aromatic heterocycles. The Morgan fingerprint density at radius 3 is 2.61 bits per heavy atom. The summed E-state index contributed by atoms with van der Waals surface area (Å²) in [5, 5.41) is 0.194. The van der Waals surface area contributed by atoms with Gasteiger partial charge in [0.05, 0.1) is 5.56 Å². The zero-order valence-corrected chi connectivity index (χ0v) is 14.6. The number of nitrogens with zero attached hydrogens (tertiary/aromatic N) is 3. The van der Waals surface area contributed by atoms with E-state index in [1.165, 1.54) is 0 Å². The van der Waals surface area contributed by atoms with Crippen molar-refractivity contribution < 1.29 is 14.3 Å². The summed E-state index contributed by atoms with van der Waals surface area (Å²) in [5.74, 6) is -0.168. The van der Waals surface area contributed by atoms with Crippen molar-refractivity contribution in [3.63, 3.8) is 0 Å². The maximum atomic E-state index is 12.5. The summed E-state index contributed by atoms with van der Waals surface area (Å²) in [4.78, 5) is 32.0. The highest BCUT2D eigenvalue weighted by Crippen LogP contribution is 2.19. The molecule has 0 spiro atoms. The monoisotopic (exact) mass is 339 g/mol. The highest BCUT2D eigenvalue weighted by atomic mass is 35.5. The second-order valence-electron chi connectivity index (χ2n) is 6.62. The fourth-order valence-corrected chi connectivity index (χ4v) is 2.65. The van der Waals surface area contributed by atoms with Gasteiger partial charge in [-0.1, -0.05) is 11.6 Å². The lowest BCUT2D eigenvalue weighted by molar-refractivity contribution is 0.00198. The highest BCUT2D eigenvalue weighted by molar-refractivity contribution is 6.32. The molecule has 0 aromatic carbocycles. The van der Waals surface area contributed by atoms with E-state index in [1.54, 1.807) is 28.1 Å². The zero-order valence-electron chi connectivity index (χ0n) is 13.9. The van der Waals surface area contributed by atoms with E-state index >= 15 is 0 Å². The van der Waals surface area contributed by atoms with E-state index in [1.807, 2.05) is 27.7 Å². The van der Waals surface area contributed by atoms with Gasteiger partial charge in [0.25, 0.3) is 5.91 Å².